The molecule has 136 valence electrons. The van der Waals surface area contributed by atoms with Gasteiger partial charge in [0.2, 0.25) is 11.6 Å². The summed E-state index contributed by atoms with van der Waals surface area (Å²) in [7, 11) is 0. The molecule has 4 rings (SSSR count). The molecule has 0 saturated heterocycles. The molecule has 0 bridgehead atoms. The molecule has 1 aromatic heterocycles. The number of fused-ring (bicyclic) bond motifs is 1. The third-order valence-electron chi connectivity index (χ3n) is 5.19. The lowest BCUT2D eigenvalue weighted by Crippen LogP contribution is -2.40. The Morgan fingerprint density at radius 1 is 1.00 bits per heavy atom. The molecule has 0 radical (unpaired) electrons. The first kappa shape index (κ1) is 16.8. The molecule has 0 atom stereocenters. The van der Waals surface area contributed by atoms with Gasteiger partial charge in [0.1, 0.15) is 0 Å². The Hall–Kier alpha value is -2.70. The van der Waals surface area contributed by atoms with E-state index in [1.165, 1.54) is 12.8 Å². The second-order valence-corrected chi connectivity index (χ2v) is 6.95. The van der Waals surface area contributed by atoms with Crippen LogP contribution in [0.15, 0.2) is 35.1 Å². The van der Waals surface area contributed by atoms with Crippen LogP contribution in [0.25, 0.3) is 0 Å². The Balaban J connectivity index is 1.56. The van der Waals surface area contributed by atoms with E-state index in [1.807, 2.05) is 35.2 Å². The zero-order valence-corrected chi connectivity index (χ0v) is 14.7. The van der Waals surface area contributed by atoms with Crippen molar-refractivity contribution in [2.24, 2.45) is 0 Å². The van der Waals surface area contributed by atoms with Gasteiger partial charge in [-0.15, -0.1) is 10.2 Å². The second kappa shape index (κ2) is 7.27. The summed E-state index contributed by atoms with van der Waals surface area (Å²) in [5.74, 6) is 0.0927. The van der Waals surface area contributed by atoms with Crippen molar-refractivity contribution in [2.45, 2.75) is 51.1 Å². The first-order chi connectivity index (χ1) is 12.7. The molecule has 1 fully saturated rings. The first-order valence-electron chi connectivity index (χ1n) is 9.35. The van der Waals surface area contributed by atoms with Crippen LogP contribution in [0.3, 0.4) is 0 Å². The summed E-state index contributed by atoms with van der Waals surface area (Å²) in [5.41, 5.74) is 0.496. The summed E-state index contributed by atoms with van der Waals surface area (Å²) in [6.07, 6.45) is 6.59. The number of para-hydroxylation sites is 1. The molecule has 0 spiro atoms. The van der Waals surface area contributed by atoms with Crippen molar-refractivity contribution in [1.29, 1.82) is 0 Å². The lowest BCUT2D eigenvalue weighted by molar-refractivity contribution is 0.0925. The number of nitrogens with zero attached hydrogens (tertiary/aromatic N) is 4. The van der Waals surface area contributed by atoms with Crippen LogP contribution >= 0.6 is 0 Å². The van der Waals surface area contributed by atoms with E-state index < -0.39 is 5.91 Å². The number of hydrogen-bond acceptors (Lipinski definition) is 5. The van der Waals surface area contributed by atoms with Gasteiger partial charge in [0, 0.05) is 24.8 Å². The van der Waals surface area contributed by atoms with E-state index in [1.54, 1.807) is 4.57 Å². The zero-order chi connectivity index (χ0) is 17.9. The normalized spacial score (nSPS) is 17.6. The summed E-state index contributed by atoms with van der Waals surface area (Å²) >= 11 is 0. The molecule has 1 N–H and O–H groups in total. The molecule has 1 aromatic carbocycles. The first-order valence-corrected chi connectivity index (χ1v) is 9.35. The molecule has 26 heavy (non-hydrogen) atoms. The Kier molecular flexibility index (Phi) is 4.69. The zero-order valence-electron chi connectivity index (χ0n) is 14.7. The fourth-order valence-electron chi connectivity index (χ4n) is 3.78. The Bertz CT molecular complexity index is 841. The third kappa shape index (κ3) is 3.21. The largest absolute Gasteiger partial charge is 0.348 e. The van der Waals surface area contributed by atoms with E-state index in [-0.39, 0.29) is 17.3 Å². The van der Waals surface area contributed by atoms with Crippen molar-refractivity contribution in [2.75, 3.05) is 11.4 Å². The van der Waals surface area contributed by atoms with Gasteiger partial charge in [-0.1, -0.05) is 43.9 Å². The van der Waals surface area contributed by atoms with Gasteiger partial charge in [0.25, 0.3) is 11.5 Å². The van der Waals surface area contributed by atoms with Crippen LogP contribution in [-0.4, -0.2) is 33.3 Å². The molecule has 1 aliphatic carbocycles. The standard InChI is InChI=1S/C19H23N5O2/c25-17(20-14-8-4-1-2-5-9-14)16-18(26)24-13-12-23(19(24)22-21-16)15-10-6-3-7-11-15/h3,6-7,10-11,14H,1-2,4-5,8-9,12-13H2,(H,20,25). The van der Waals surface area contributed by atoms with Crippen LogP contribution in [0.5, 0.6) is 0 Å². The Morgan fingerprint density at radius 3 is 2.46 bits per heavy atom. The quantitative estimate of drug-likeness (QED) is 0.856. The predicted octanol–water partition coefficient (Wildman–Crippen LogP) is 2.24. The van der Waals surface area contributed by atoms with Gasteiger partial charge in [0.15, 0.2) is 0 Å². The third-order valence-corrected chi connectivity index (χ3v) is 5.19. The molecule has 1 aliphatic heterocycles. The molecular formula is C19H23N5O2. The minimum atomic E-state index is -0.400. The van der Waals surface area contributed by atoms with Gasteiger partial charge < -0.3 is 10.2 Å². The van der Waals surface area contributed by atoms with Gasteiger partial charge >= 0.3 is 0 Å². The Morgan fingerprint density at radius 2 is 1.73 bits per heavy atom. The maximum absolute atomic E-state index is 12.8. The number of carbonyl (C=O) groups is 1. The smallest absolute Gasteiger partial charge is 0.286 e. The molecule has 7 heteroatoms. The lowest BCUT2D eigenvalue weighted by Gasteiger charge is -2.17. The number of rotatable bonds is 3. The van der Waals surface area contributed by atoms with Gasteiger partial charge in [-0.2, -0.15) is 0 Å². The van der Waals surface area contributed by atoms with Crippen molar-refractivity contribution >= 4 is 17.5 Å². The van der Waals surface area contributed by atoms with Crippen molar-refractivity contribution in [3.8, 4) is 0 Å². The fourth-order valence-corrected chi connectivity index (χ4v) is 3.78. The average Bonchev–Trinajstić information content (AvgIpc) is 2.94. The van der Waals surface area contributed by atoms with Gasteiger partial charge in [-0.25, -0.2) is 0 Å². The highest BCUT2D eigenvalue weighted by Gasteiger charge is 2.28. The van der Waals surface area contributed by atoms with E-state index in [0.717, 1.165) is 31.4 Å². The molecular weight excluding hydrogens is 330 g/mol. The number of carbonyl (C=O) groups excluding carboxylic acids is 1. The average molecular weight is 353 g/mol. The maximum Gasteiger partial charge on any atom is 0.286 e. The number of benzene rings is 1. The minimum Gasteiger partial charge on any atom is -0.348 e. The highest BCUT2D eigenvalue weighted by Crippen LogP contribution is 2.26. The summed E-state index contributed by atoms with van der Waals surface area (Å²) in [6.45, 7) is 1.14. The van der Waals surface area contributed by atoms with Gasteiger partial charge in [-0.05, 0) is 25.0 Å². The molecule has 2 aromatic rings. The van der Waals surface area contributed by atoms with Crippen LogP contribution in [0, 0.1) is 0 Å². The molecule has 1 amide bonds. The molecule has 0 unspecified atom stereocenters. The van der Waals surface area contributed by atoms with Crippen LogP contribution in [0.4, 0.5) is 11.6 Å². The lowest BCUT2D eigenvalue weighted by atomic mass is 10.1. The van der Waals surface area contributed by atoms with E-state index >= 15 is 0 Å². The van der Waals surface area contributed by atoms with Crippen LogP contribution in [0.2, 0.25) is 0 Å². The summed E-state index contributed by atoms with van der Waals surface area (Å²) in [5, 5.41) is 11.1. The van der Waals surface area contributed by atoms with E-state index in [2.05, 4.69) is 15.5 Å². The monoisotopic (exact) mass is 353 g/mol. The van der Waals surface area contributed by atoms with E-state index in [9.17, 15) is 9.59 Å². The number of anilines is 2. The Labute approximate surface area is 152 Å². The highest BCUT2D eigenvalue weighted by atomic mass is 16.2. The number of nitrogens with one attached hydrogen (secondary N) is 1. The maximum atomic E-state index is 12.8. The van der Waals surface area contributed by atoms with E-state index in [0.29, 0.717) is 19.0 Å². The van der Waals surface area contributed by atoms with E-state index in [4.69, 9.17) is 0 Å². The van der Waals surface area contributed by atoms with Crippen molar-refractivity contribution in [3.05, 3.63) is 46.4 Å². The fraction of sp³-hybridized carbons (Fsp3) is 0.474. The van der Waals surface area contributed by atoms with Crippen LogP contribution in [-0.2, 0) is 6.54 Å². The van der Waals surface area contributed by atoms with Crippen LogP contribution < -0.4 is 15.8 Å². The number of aromatic nitrogens is 3. The van der Waals surface area contributed by atoms with Crippen molar-refractivity contribution < 1.29 is 4.79 Å². The second-order valence-electron chi connectivity index (χ2n) is 6.95. The van der Waals surface area contributed by atoms with Crippen LogP contribution in [0.1, 0.15) is 49.0 Å². The number of hydrogen-bond donors (Lipinski definition) is 1. The topological polar surface area (TPSA) is 80.1 Å². The summed E-state index contributed by atoms with van der Waals surface area (Å²) < 4.78 is 1.54. The molecule has 2 heterocycles. The molecule has 1 saturated carbocycles. The minimum absolute atomic E-state index is 0.104. The van der Waals surface area contributed by atoms with Crippen molar-refractivity contribution in [1.82, 2.24) is 20.1 Å². The number of amides is 1. The summed E-state index contributed by atoms with van der Waals surface area (Å²) in [4.78, 5) is 27.3. The van der Waals surface area contributed by atoms with Gasteiger partial charge in [-0.3, -0.25) is 14.2 Å². The molecule has 7 nitrogen and oxygen atoms in total. The highest BCUT2D eigenvalue weighted by molar-refractivity contribution is 5.92. The van der Waals surface area contributed by atoms with Gasteiger partial charge in [0.05, 0.1) is 0 Å². The van der Waals surface area contributed by atoms with Crippen molar-refractivity contribution in [3.63, 3.8) is 0 Å². The molecule has 2 aliphatic rings. The summed E-state index contributed by atoms with van der Waals surface area (Å²) in [6, 6.07) is 9.89. The SMILES string of the molecule is O=C(NC1CCCCCC1)c1nnc2n(c1=O)CCN2c1ccccc1. The predicted molar refractivity (Wildman–Crippen MR) is 98.7 cm³/mol.